The molecule has 0 atom stereocenters. The van der Waals surface area contributed by atoms with E-state index in [1.54, 1.807) is 0 Å². The number of alkyl halides is 1. The molecular formula is C16H33FO3. The second kappa shape index (κ2) is 13.8. The summed E-state index contributed by atoms with van der Waals surface area (Å²) in [7, 11) is 0. The quantitative estimate of drug-likeness (QED) is 0.319. The van der Waals surface area contributed by atoms with E-state index in [-0.39, 0.29) is 6.67 Å². The molecule has 0 aliphatic carbocycles. The molecule has 0 aromatic carbocycles. The van der Waals surface area contributed by atoms with Crippen molar-refractivity contribution < 1.29 is 18.6 Å². The summed E-state index contributed by atoms with van der Waals surface area (Å²) in [5, 5.41) is 0. The minimum atomic E-state index is -0.855. The average molecular weight is 292 g/mol. The van der Waals surface area contributed by atoms with Gasteiger partial charge in [0.05, 0.1) is 6.67 Å². The molecule has 0 aliphatic rings. The van der Waals surface area contributed by atoms with Crippen LogP contribution in [0.15, 0.2) is 0 Å². The van der Waals surface area contributed by atoms with Crippen LogP contribution in [0.25, 0.3) is 0 Å². The topological polar surface area (TPSA) is 27.7 Å². The summed E-state index contributed by atoms with van der Waals surface area (Å²) in [5.74, 6) is -0.855. The van der Waals surface area contributed by atoms with Gasteiger partial charge in [0.1, 0.15) is 0 Å². The second-order valence-corrected chi connectivity index (χ2v) is 4.90. The first-order valence-corrected chi connectivity index (χ1v) is 8.22. The van der Waals surface area contributed by atoms with Crippen LogP contribution in [0.5, 0.6) is 0 Å². The van der Waals surface area contributed by atoms with Gasteiger partial charge in [-0.3, -0.25) is 4.39 Å². The zero-order chi connectivity index (χ0) is 15.1. The summed E-state index contributed by atoms with van der Waals surface area (Å²) in [6, 6.07) is 0. The van der Waals surface area contributed by atoms with Crippen molar-refractivity contribution in [3.05, 3.63) is 0 Å². The Hall–Kier alpha value is -0.190. The molecule has 3 nitrogen and oxygen atoms in total. The number of rotatable bonds is 15. The van der Waals surface area contributed by atoms with E-state index in [1.165, 1.54) is 12.8 Å². The van der Waals surface area contributed by atoms with Crippen molar-refractivity contribution in [1.82, 2.24) is 0 Å². The van der Waals surface area contributed by atoms with Crippen molar-refractivity contribution in [2.45, 2.75) is 78.1 Å². The van der Waals surface area contributed by atoms with Gasteiger partial charge in [-0.25, -0.2) is 0 Å². The molecule has 0 aromatic heterocycles. The molecule has 0 heterocycles. The molecule has 122 valence electrons. The highest BCUT2D eigenvalue weighted by Crippen LogP contribution is 2.24. The van der Waals surface area contributed by atoms with Crippen LogP contribution in [-0.4, -0.2) is 32.5 Å². The summed E-state index contributed by atoms with van der Waals surface area (Å²) >= 11 is 0. The lowest BCUT2D eigenvalue weighted by Crippen LogP contribution is -2.39. The highest BCUT2D eigenvalue weighted by atomic mass is 19.1. The Kier molecular flexibility index (Phi) is 13.6. The van der Waals surface area contributed by atoms with Crippen molar-refractivity contribution in [2.24, 2.45) is 0 Å². The lowest BCUT2D eigenvalue weighted by atomic mass is 10.1. The van der Waals surface area contributed by atoms with E-state index in [1.807, 2.05) is 20.8 Å². The molecular weight excluding hydrogens is 259 g/mol. The number of halogens is 1. The molecule has 0 aliphatic heterocycles. The van der Waals surface area contributed by atoms with Crippen molar-refractivity contribution in [3.8, 4) is 0 Å². The molecule has 0 radical (unpaired) electrons. The molecule has 0 saturated carbocycles. The van der Waals surface area contributed by atoms with Crippen LogP contribution in [-0.2, 0) is 14.2 Å². The molecule has 0 N–H and O–H groups in total. The van der Waals surface area contributed by atoms with E-state index in [2.05, 4.69) is 0 Å². The molecule has 0 amide bonds. The third-order valence-electron chi connectivity index (χ3n) is 3.21. The summed E-state index contributed by atoms with van der Waals surface area (Å²) < 4.78 is 29.0. The summed E-state index contributed by atoms with van der Waals surface area (Å²) in [6.07, 6.45) is 8.18. The van der Waals surface area contributed by atoms with Crippen LogP contribution >= 0.6 is 0 Å². The fourth-order valence-electron chi connectivity index (χ4n) is 2.32. The normalized spacial score (nSPS) is 12.0. The number of hydrogen-bond donors (Lipinski definition) is 0. The maximum absolute atomic E-state index is 11.9. The standard InChI is InChI=1S/C16H33FO3/c1-4-18-16(19-5-2,20-6-3)14-12-10-8-7-9-11-13-15-17/h4-15H2,1-3H3. The SMILES string of the molecule is CCOC(CCCCCCCCCF)(OCC)OCC. The van der Waals surface area contributed by atoms with Gasteiger partial charge in [0.25, 0.3) is 5.97 Å². The van der Waals surface area contributed by atoms with E-state index in [0.717, 1.165) is 32.1 Å². The minimum absolute atomic E-state index is 0.181. The lowest BCUT2D eigenvalue weighted by Gasteiger charge is -2.32. The fraction of sp³-hybridized carbons (Fsp3) is 1.00. The van der Waals surface area contributed by atoms with E-state index in [4.69, 9.17) is 14.2 Å². The second-order valence-electron chi connectivity index (χ2n) is 4.90. The number of unbranched alkanes of at least 4 members (excludes halogenated alkanes) is 6. The first kappa shape index (κ1) is 19.8. The van der Waals surface area contributed by atoms with Crippen LogP contribution in [0.1, 0.15) is 72.1 Å². The fourth-order valence-corrected chi connectivity index (χ4v) is 2.32. The van der Waals surface area contributed by atoms with Gasteiger partial charge in [-0.15, -0.1) is 0 Å². The van der Waals surface area contributed by atoms with Crippen LogP contribution in [0, 0.1) is 0 Å². The first-order chi connectivity index (χ1) is 9.74. The van der Waals surface area contributed by atoms with Gasteiger partial charge in [0.2, 0.25) is 0 Å². The predicted molar refractivity (Wildman–Crippen MR) is 80.5 cm³/mol. The molecule has 0 unspecified atom stereocenters. The Balaban J connectivity index is 3.82. The number of ether oxygens (including phenoxy) is 3. The van der Waals surface area contributed by atoms with Gasteiger partial charge in [-0.05, 0) is 33.6 Å². The van der Waals surface area contributed by atoms with E-state index in [9.17, 15) is 4.39 Å². The van der Waals surface area contributed by atoms with Crippen LogP contribution < -0.4 is 0 Å². The third-order valence-corrected chi connectivity index (χ3v) is 3.21. The molecule has 0 fully saturated rings. The molecule has 0 bridgehead atoms. The van der Waals surface area contributed by atoms with E-state index >= 15 is 0 Å². The van der Waals surface area contributed by atoms with Gasteiger partial charge in [-0.1, -0.05) is 32.1 Å². The van der Waals surface area contributed by atoms with Crippen molar-refractivity contribution in [3.63, 3.8) is 0 Å². The van der Waals surface area contributed by atoms with Gasteiger partial charge >= 0.3 is 0 Å². The third kappa shape index (κ3) is 9.67. The van der Waals surface area contributed by atoms with Crippen molar-refractivity contribution >= 4 is 0 Å². The van der Waals surface area contributed by atoms with Gasteiger partial charge in [0.15, 0.2) is 0 Å². The Labute approximate surface area is 124 Å². The predicted octanol–water partition coefficient (Wildman–Crippen LogP) is 4.84. The minimum Gasteiger partial charge on any atom is -0.328 e. The van der Waals surface area contributed by atoms with E-state index < -0.39 is 5.97 Å². The van der Waals surface area contributed by atoms with Gasteiger partial charge < -0.3 is 14.2 Å². The monoisotopic (exact) mass is 292 g/mol. The summed E-state index contributed by atoms with van der Waals surface area (Å²) in [6.45, 7) is 7.45. The van der Waals surface area contributed by atoms with Crippen molar-refractivity contribution in [2.75, 3.05) is 26.5 Å². The Bertz CT molecular complexity index is 183. The Morgan fingerprint density at radius 2 is 1.05 bits per heavy atom. The average Bonchev–Trinajstić information content (AvgIpc) is 2.43. The molecule has 0 saturated heterocycles. The summed E-state index contributed by atoms with van der Waals surface area (Å²) in [5.41, 5.74) is 0. The first-order valence-electron chi connectivity index (χ1n) is 8.22. The molecule has 4 heteroatoms. The van der Waals surface area contributed by atoms with Gasteiger partial charge in [0, 0.05) is 26.2 Å². The van der Waals surface area contributed by atoms with Gasteiger partial charge in [-0.2, -0.15) is 0 Å². The van der Waals surface area contributed by atoms with Crippen LogP contribution in [0.4, 0.5) is 4.39 Å². The number of hydrogen-bond acceptors (Lipinski definition) is 3. The molecule has 0 spiro atoms. The summed E-state index contributed by atoms with van der Waals surface area (Å²) in [4.78, 5) is 0. The molecule has 0 rings (SSSR count). The molecule has 20 heavy (non-hydrogen) atoms. The van der Waals surface area contributed by atoms with Crippen molar-refractivity contribution in [1.29, 1.82) is 0 Å². The smallest absolute Gasteiger partial charge is 0.282 e. The highest BCUT2D eigenvalue weighted by molar-refractivity contribution is 4.59. The lowest BCUT2D eigenvalue weighted by molar-refractivity contribution is -0.380. The highest BCUT2D eigenvalue weighted by Gasteiger charge is 2.31. The largest absolute Gasteiger partial charge is 0.328 e. The Morgan fingerprint density at radius 3 is 1.45 bits per heavy atom. The van der Waals surface area contributed by atoms with E-state index in [0.29, 0.717) is 26.2 Å². The maximum atomic E-state index is 11.9. The maximum Gasteiger partial charge on any atom is 0.282 e. The Morgan fingerprint density at radius 1 is 0.650 bits per heavy atom. The van der Waals surface area contributed by atoms with Crippen LogP contribution in [0.3, 0.4) is 0 Å². The zero-order valence-corrected chi connectivity index (χ0v) is 13.6. The molecule has 0 aromatic rings. The zero-order valence-electron chi connectivity index (χ0n) is 13.6. The van der Waals surface area contributed by atoms with Crippen LogP contribution in [0.2, 0.25) is 0 Å².